The fourth-order valence-electron chi connectivity index (χ4n) is 3.07. The summed E-state index contributed by atoms with van der Waals surface area (Å²) in [5.74, 6) is 0. The third kappa shape index (κ3) is 4.25. The van der Waals surface area contributed by atoms with E-state index in [9.17, 15) is 10.1 Å². The zero-order valence-electron chi connectivity index (χ0n) is 13.0. The molecule has 0 bridgehead atoms. The molecule has 0 amide bonds. The average Bonchev–Trinajstić information content (AvgIpc) is 2.51. The van der Waals surface area contributed by atoms with Gasteiger partial charge in [-0.3, -0.25) is 19.9 Å². The first kappa shape index (κ1) is 15.9. The van der Waals surface area contributed by atoms with E-state index in [0.29, 0.717) is 6.04 Å². The van der Waals surface area contributed by atoms with Crippen LogP contribution in [0.4, 0.5) is 5.69 Å². The summed E-state index contributed by atoms with van der Waals surface area (Å²) < 4.78 is 0. The Labute approximate surface area is 126 Å². The molecule has 0 aliphatic carbocycles. The van der Waals surface area contributed by atoms with E-state index in [1.165, 1.54) is 12.8 Å². The van der Waals surface area contributed by atoms with E-state index in [0.717, 1.165) is 38.3 Å². The Balaban J connectivity index is 1.84. The molecule has 116 valence electrons. The summed E-state index contributed by atoms with van der Waals surface area (Å²) in [7, 11) is 0. The Kier molecular flexibility index (Phi) is 5.70. The third-order valence-corrected chi connectivity index (χ3v) is 4.42. The average molecular weight is 291 g/mol. The standard InChI is InChI=1S/C16H25N3O2/c1-3-15(4-2)18-11-9-17(10-12-18)13-14-5-7-16(8-6-14)19(20)21/h5-8,15H,3-4,9-13H2,1-2H3. The van der Waals surface area contributed by atoms with Crippen LogP contribution >= 0.6 is 0 Å². The molecule has 0 N–H and O–H groups in total. The van der Waals surface area contributed by atoms with Crippen LogP contribution < -0.4 is 0 Å². The van der Waals surface area contributed by atoms with E-state index in [2.05, 4.69) is 23.6 Å². The molecule has 0 atom stereocenters. The highest BCUT2D eigenvalue weighted by Gasteiger charge is 2.21. The van der Waals surface area contributed by atoms with Crippen LogP contribution in [0.5, 0.6) is 0 Å². The van der Waals surface area contributed by atoms with E-state index in [1.807, 2.05) is 12.1 Å². The van der Waals surface area contributed by atoms with Gasteiger partial charge in [-0.2, -0.15) is 0 Å². The lowest BCUT2D eigenvalue weighted by Crippen LogP contribution is -2.49. The van der Waals surface area contributed by atoms with Crippen molar-refractivity contribution in [2.45, 2.75) is 39.3 Å². The maximum atomic E-state index is 10.6. The van der Waals surface area contributed by atoms with Gasteiger partial charge in [0, 0.05) is 50.9 Å². The van der Waals surface area contributed by atoms with E-state index >= 15 is 0 Å². The second kappa shape index (κ2) is 7.52. The first-order chi connectivity index (χ1) is 10.1. The van der Waals surface area contributed by atoms with E-state index < -0.39 is 0 Å². The number of hydrogen-bond acceptors (Lipinski definition) is 4. The predicted octanol–water partition coefficient (Wildman–Crippen LogP) is 2.90. The molecule has 1 aliphatic heterocycles. The van der Waals surface area contributed by atoms with Gasteiger partial charge in [-0.1, -0.05) is 26.0 Å². The monoisotopic (exact) mass is 291 g/mol. The summed E-state index contributed by atoms with van der Waals surface area (Å²) in [6.07, 6.45) is 2.44. The van der Waals surface area contributed by atoms with Crippen molar-refractivity contribution in [3.8, 4) is 0 Å². The van der Waals surface area contributed by atoms with Gasteiger partial charge >= 0.3 is 0 Å². The second-order valence-corrected chi connectivity index (χ2v) is 5.71. The summed E-state index contributed by atoms with van der Waals surface area (Å²) in [4.78, 5) is 15.3. The lowest BCUT2D eigenvalue weighted by atomic mass is 10.1. The van der Waals surface area contributed by atoms with E-state index in [1.54, 1.807) is 12.1 Å². The van der Waals surface area contributed by atoms with E-state index in [4.69, 9.17) is 0 Å². The smallest absolute Gasteiger partial charge is 0.269 e. The summed E-state index contributed by atoms with van der Waals surface area (Å²) in [6.45, 7) is 9.81. The van der Waals surface area contributed by atoms with Gasteiger partial charge in [0.1, 0.15) is 0 Å². The quantitative estimate of drug-likeness (QED) is 0.597. The number of benzene rings is 1. The number of hydrogen-bond donors (Lipinski definition) is 0. The fourth-order valence-corrected chi connectivity index (χ4v) is 3.07. The topological polar surface area (TPSA) is 49.6 Å². The molecule has 21 heavy (non-hydrogen) atoms. The molecule has 1 heterocycles. The number of non-ortho nitro benzene ring substituents is 1. The minimum atomic E-state index is -0.349. The van der Waals surface area contributed by atoms with Crippen LogP contribution in [0, 0.1) is 10.1 Å². The summed E-state index contributed by atoms with van der Waals surface area (Å²) in [6, 6.07) is 7.63. The van der Waals surface area contributed by atoms with E-state index in [-0.39, 0.29) is 10.6 Å². The van der Waals surface area contributed by atoms with Gasteiger partial charge in [-0.05, 0) is 18.4 Å². The maximum Gasteiger partial charge on any atom is 0.269 e. The molecule has 1 aromatic carbocycles. The number of rotatable bonds is 6. The van der Waals surface area contributed by atoms with Crippen molar-refractivity contribution < 1.29 is 4.92 Å². The number of nitro benzene ring substituents is 1. The van der Waals surface area contributed by atoms with Crippen molar-refractivity contribution in [3.05, 3.63) is 39.9 Å². The Morgan fingerprint density at radius 2 is 1.67 bits per heavy atom. The Morgan fingerprint density at radius 3 is 2.14 bits per heavy atom. The number of nitro groups is 1. The van der Waals surface area contributed by atoms with Crippen LogP contribution in [0.25, 0.3) is 0 Å². The van der Waals surface area contributed by atoms with Crippen LogP contribution in [0.15, 0.2) is 24.3 Å². The Bertz CT molecular complexity index is 449. The van der Waals surface area contributed by atoms with Crippen molar-refractivity contribution in [2.24, 2.45) is 0 Å². The molecule has 1 fully saturated rings. The van der Waals surface area contributed by atoms with Gasteiger partial charge in [-0.25, -0.2) is 0 Å². The van der Waals surface area contributed by atoms with Gasteiger partial charge in [0.15, 0.2) is 0 Å². The van der Waals surface area contributed by atoms with Crippen LogP contribution in [0.3, 0.4) is 0 Å². The van der Waals surface area contributed by atoms with Crippen molar-refractivity contribution in [2.75, 3.05) is 26.2 Å². The summed E-state index contributed by atoms with van der Waals surface area (Å²) in [5, 5.41) is 10.6. The zero-order valence-corrected chi connectivity index (χ0v) is 13.0. The largest absolute Gasteiger partial charge is 0.298 e. The van der Waals surface area contributed by atoms with Gasteiger partial charge in [0.05, 0.1) is 4.92 Å². The first-order valence-corrected chi connectivity index (χ1v) is 7.83. The molecular weight excluding hydrogens is 266 g/mol. The van der Waals surface area contributed by atoms with Gasteiger partial charge in [0.2, 0.25) is 0 Å². The van der Waals surface area contributed by atoms with Crippen molar-refractivity contribution in [3.63, 3.8) is 0 Å². The number of piperazine rings is 1. The van der Waals surface area contributed by atoms with Gasteiger partial charge < -0.3 is 0 Å². The fraction of sp³-hybridized carbons (Fsp3) is 0.625. The van der Waals surface area contributed by atoms with Crippen molar-refractivity contribution in [1.82, 2.24) is 9.80 Å². The highest BCUT2D eigenvalue weighted by molar-refractivity contribution is 5.32. The molecule has 1 aromatic rings. The number of nitrogens with zero attached hydrogens (tertiary/aromatic N) is 3. The molecule has 0 aromatic heterocycles. The Morgan fingerprint density at radius 1 is 1.10 bits per heavy atom. The minimum Gasteiger partial charge on any atom is -0.298 e. The molecule has 0 radical (unpaired) electrons. The van der Waals surface area contributed by atoms with Crippen LogP contribution in [0.1, 0.15) is 32.3 Å². The molecule has 0 saturated carbocycles. The summed E-state index contributed by atoms with van der Waals surface area (Å²) in [5.41, 5.74) is 1.31. The molecule has 2 rings (SSSR count). The van der Waals surface area contributed by atoms with Gasteiger partial charge in [-0.15, -0.1) is 0 Å². The molecule has 5 nitrogen and oxygen atoms in total. The minimum absolute atomic E-state index is 0.164. The SMILES string of the molecule is CCC(CC)N1CCN(Cc2ccc([N+](=O)[O-])cc2)CC1. The molecule has 0 spiro atoms. The highest BCUT2D eigenvalue weighted by Crippen LogP contribution is 2.16. The molecule has 5 heteroatoms. The van der Waals surface area contributed by atoms with Crippen LogP contribution in [-0.2, 0) is 6.54 Å². The highest BCUT2D eigenvalue weighted by atomic mass is 16.6. The molecule has 0 unspecified atom stereocenters. The second-order valence-electron chi connectivity index (χ2n) is 5.71. The Hall–Kier alpha value is -1.46. The van der Waals surface area contributed by atoms with Crippen molar-refractivity contribution in [1.29, 1.82) is 0 Å². The molecule has 1 aliphatic rings. The normalized spacial score (nSPS) is 17.3. The van der Waals surface area contributed by atoms with Crippen molar-refractivity contribution >= 4 is 5.69 Å². The predicted molar refractivity (Wildman–Crippen MR) is 84.3 cm³/mol. The lowest BCUT2D eigenvalue weighted by Gasteiger charge is -2.38. The summed E-state index contributed by atoms with van der Waals surface area (Å²) >= 11 is 0. The van der Waals surface area contributed by atoms with Crippen LogP contribution in [-0.4, -0.2) is 46.9 Å². The van der Waals surface area contributed by atoms with Crippen LogP contribution in [0.2, 0.25) is 0 Å². The van der Waals surface area contributed by atoms with Gasteiger partial charge in [0.25, 0.3) is 5.69 Å². The lowest BCUT2D eigenvalue weighted by molar-refractivity contribution is -0.384. The molecular formula is C16H25N3O2. The maximum absolute atomic E-state index is 10.6. The third-order valence-electron chi connectivity index (χ3n) is 4.42. The zero-order chi connectivity index (χ0) is 15.2. The molecule has 1 saturated heterocycles. The first-order valence-electron chi connectivity index (χ1n) is 7.83.